The molecule has 1 atom stereocenters. The molecule has 2 heteroatoms. The quantitative estimate of drug-likeness (QED) is 0.774. The lowest BCUT2D eigenvalue weighted by molar-refractivity contribution is 0.727. The van der Waals surface area contributed by atoms with Crippen molar-refractivity contribution < 1.29 is 0 Å². The molecule has 1 heterocycles. The van der Waals surface area contributed by atoms with Crippen LogP contribution in [-0.4, -0.2) is 6.54 Å². The van der Waals surface area contributed by atoms with Crippen LogP contribution in [0.2, 0.25) is 0 Å². The minimum atomic E-state index is 0.706. The molecular weight excluding hydrogens is 214 g/mol. The van der Waals surface area contributed by atoms with Gasteiger partial charge in [-0.2, -0.15) is 0 Å². The number of rotatable bonds is 1. The van der Waals surface area contributed by atoms with Gasteiger partial charge >= 0.3 is 0 Å². The summed E-state index contributed by atoms with van der Waals surface area (Å²) in [7, 11) is 0. The monoisotopic (exact) mass is 225 g/mol. The van der Waals surface area contributed by atoms with Crippen molar-refractivity contribution >= 4 is 21.6 Å². The molecule has 0 aromatic heterocycles. The Bertz CT molecular complexity index is 296. The van der Waals surface area contributed by atoms with E-state index in [2.05, 4.69) is 46.4 Å². The van der Waals surface area contributed by atoms with Crippen molar-refractivity contribution in [1.82, 2.24) is 0 Å². The van der Waals surface area contributed by atoms with Crippen LogP contribution in [0.25, 0.3) is 0 Å². The summed E-state index contributed by atoms with van der Waals surface area (Å²) in [6.07, 6.45) is 1.22. The molecule has 1 aliphatic heterocycles. The molecule has 0 aliphatic carbocycles. The lowest BCUT2D eigenvalue weighted by Crippen LogP contribution is -1.99. The van der Waals surface area contributed by atoms with Crippen LogP contribution in [-0.2, 0) is 0 Å². The molecule has 0 fully saturated rings. The minimum absolute atomic E-state index is 0.706. The maximum atomic E-state index is 3.54. The Hall–Kier alpha value is -0.500. The molecule has 0 radical (unpaired) electrons. The Morgan fingerprint density at radius 1 is 1.58 bits per heavy atom. The van der Waals surface area contributed by atoms with Crippen molar-refractivity contribution in [2.75, 3.05) is 11.9 Å². The van der Waals surface area contributed by atoms with Gasteiger partial charge < -0.3 is 5.32 Å². The first-order valence-electron chi connectivity index (χ1n) is 4.35. The van der Waals surface area contributed by atoms with E-state index in [0.717, 1.165) is 6.54 Å². The lowest BCUT2D eigenvalue weighted by Gasteiger charge is -2.05. The minimum Gasteiger partial charge on any atom is -0.383 e. The van der Waals surface area contributed by atoms with Gasteiger partial charge in [-0.3, -0.25) is 0 Å². The van der Waals surface area contributed by atoms with Gasteiger partial charge in [0.1, 0.15) is 0 Å². The summed E-state index contributed by atoms with van der Waals surface area (Å²) >= 11 is 3.54. The van der Waals surface area contributed by atoms with Gasteiger partial charge in [0.25, 0.3) is 0 Å². The van der Waals surface area contributed by atoms with E-state index in [-0.39, 0.29) is 0 Å². The second-order valence-corrected chi connectivity index (χ2v) is 4.04. The van der Waals surface area contributed by atoms with E-state index in [1.807, 2.05) is 0 Å². The summed E-state index contributed by atoms with van der Waals surface area (Å²) < 4.78 is 1.19. The Kier molecular flexibility index (Phi) is 2.09. The van der Waals surface area contributed by atoms with Crippen LogP contribution in [0.1, 0.15) is 24.8 Å². The molecule has 1 unspecified atom stereocenters. The normalized spacial score (nSPS) is 20.3. The molecular formula is C10H12BrN. The molecule has 0 amide bonds. The van der Waals surface area contributed by atoms with Crippen molar-refractivity contribution in [2.45, 2.75) is 19.3 Å². The summed E-state index contributed by atoms with van der Waals surface area (Å²) in [5.74, 6) is 0.706. The van der Waals surface area contributed by atoms with Crippen LogP contribution < -0.4 is 5.32 Å². The summed E-state index contributed by atoms with van der Waals surface area (Å²) in [6.45, 7) is 3.33. The number of nitrogens with one attached hydrogen (secondary N) is 1. The lowest BCUT2D eigenvalue weighted by atomic mass is 9.99. The standard InChI is InChI=1S/C10H12BrN/c1-2-7-6-12-10-8(7)4-3-5-9(10)11/h3-5,7,12H,2,6H2,1H3. The number of hydrogen-bond donors (Lipinski definition) is 1. The largest absolute Gasteiger partial charge is 0.383 e. The van der Waals surface area contributed by atoms with Crippen LogP contribution in [0.4, 0.5) is 5.69 Å². The van der Waals surface area contributed by atoms with Crippen LogP contribution in [0, 0.1) is 0 Å². The zero-order valence-electron chi connectivity index (χ0n) is 7.10. The van der Waals surface area contributed by atoms with Gasteiger partial charge in [0.2, 0.25) is 0 Å². The molecule has 0 spiro atoms. The molecule has 64 valence electrons. The van der Waals surface area contributed by atoms with Crippen molar-refractivity contribution in [2.24, 2.45) is 0 Å². The van der Waals surface area contributed by atoms with Crippen LogP contribution >= 0.6 is 15.9 Å². The van der Waals surface area contributed by atoms with E-state index in [1.54, 1.807) is 0 Å². The van der Waals surface area contributed by atoms with E-state index in [0.29, 0.717) is 5.92 Å². The third-order valence-corrected chi connectivity index (χ3v) is 3.16. The SMILES string of the molecule is CCC1CNc2c(Br)cccc21. The van der Waals surface area contributed by atoms with Crippen LogP contribution in [0.3, 0.4) is 0 Å². The number of halogens is 1. The maximum absolute atomic E-state index is 3.54. The average Bonchev–Trinajstić information content (AvgIpc) is 2.49. The highest BCUT2D eigenvalue weighted by molar-refractivity contribution is 9.10. The molecule has 2 rings (SSSR count). The molecule has 12 heavy (non-hydrogen) atoms. The van der Waals surface area contributed by atoms with Gasteiger partial charge in [-0.05, 0) is 34.0 Å². The van der Waals surface area contributed by atoms with E-state index < -0.39 is 0 Å². The molecule has 0 saturated heterocycles. The number of hydrogen-bond acceptors (Lipinski definition) is 1. The fourth-order valence-electron chi connectivity index (χ4n) is 1.77. The van der Waals surface area contributed by atoms with E-state index in [1.165, 1.54) is 22.1 Å². The van der Waals surface area contributed by atoms with E-state index in [9.17, 15) is 0 Å². The van der Waals surface area contributed by atoms with Gasteiger partial charge in [-0.1, -0.05) is 19.1 Å². The topological polar surface area (TPSA) is 12.0 Å². The summed E-state index contributed by atoms with van der Waals surface area (Å²) in [4.78, 5) is 0. The fourth-order valence-corrected chi connectivity index (χ4v) is 2.29. The van der Waals surface area contributed by atoms with Gasteiger partial charge in [-0.15, -0.1) is 0 Å². The molecule has 1 aromatic carbocycles. The highest BCUT2D eigenvalue weighted by Gasteiger charge is 2.21. The van der Waals surface area contributed by atoms with Crippen molar-refractivity contribution in [3.8, 4) is 0 Å². The predicted molar refractivity (Wildman–Crippen MR) is 55.7 cm³/mol. The summed E-state index contributed by atoms with van der Waals surface area (Å²) in [5, 5.41) is 3.42. The van der Waals surface area contributed by atoms with Gasteiger partial charge in [0, 0.05) is 16.9 Å². The maximum Gasteiger partial charge on any atom is 0.0520 e. The number of anilines is 1. The highest BCUT2D eigenvalue weighted by Crippen LogP contribution is 2.38. The van der Waals surface area contributed by atoms with Gasteiger partial charge in [0.05, 0.1) is 5.69 Å². The van der Waals surface area contributed by atoms with Crippen molar-refractivity contribution in [3.05, 3.63) is 28.2 Å². The molecule has 0 bridgehead atoms. The third-order valence-electron chi connectivity index (χ3n) is 2.50. The Balaban J connectivity index is 2.46. The first kappa shape index (κ1) is 8.11. The smallest absolute Gasteiger partial charge is 0.0520 e. The second kappa shape index (κ2) is 3.09. The first-order valence-corrected chi connectivity index (χ1v) is 5.14. The Morgan fingerprint density at radius 3 is 3.17 bits per heavy atom. The van der Waals surface area contributed by atoms with Crippen molar-refractivity contribution in [3.63, 3.8) is 0 Å². The Morgan fingerprint density at radius 2 is 2.42 bits per heavy atom. The molecule has 0 saturated carbocycles. The van der Waals surface area contributed by atoms with Crippen LogP contribution in [0.5, 0.6) is 0 Å². The second-order valence-electron chi connectivity index (χ2n) is 3.19. The highest BCUT2D eigenvalue weighted by atomic mass is 79.9. The molecule has 1 aromatic rings. The number of benzene rings is 1. The summed E-state index contributed by atoms with van der Waals surface area (Å²) in [6, 6.07) is 6.41. The predicted octanol–water partition coefficient (Wildman–Crippen LogP) is 3.37. The van der Waals surface area contributed by atoms with Gasteiger partial charge in [-0.25, -0.2) is 0 Å². The van der Waals surface area contributed by atoms with Crippen molar-refractivity contribution in [1.29, 1.82) is 0 Å². The fraction of sp³-hybridized carbons (Fsp3) is 0.400. The molecule has 1 aliphatic rings. The number of para-hydroxylation sites is 1. The van der Waals surface area contributed by atoms with Crippen LogP contribution in [0.15, 0.2) is 22.7 Å². The zero-order valence-corrected chi connectivity index (χ0v) is 8.69. The van der Waals surface area contributed by atoms with E-state index >= 15 is 0 Å². The average molecular weight is 226 g/mol. The van der Waals surface area contributed by atoms with E-state index in [4.69, 9.17) is 0 Å². The van der Waals surface area contributed by atoms with Gasteiger partial charge in [0.15, 0.2) is 0 Å². The Labute approximate surface area is 81.3 Å². The number of fused-ring (bicyclic) bond motifs is 1. The third kappa shape index (κ3) is 1.14. The molecule has 1 N–H and O–H groups in total. The molecule has 1 nitrogen and oxygen atoms in total. The first-order chi connectivity index (χ1) is 5.83. The summed E-state index contributed by atoms with van der Waals surface area (Å²) in [5.41, 5.74) is 2.76. The zero-order chi connectivity index (χ0) is 8.55.